The van der Waals surface area contributed by atoms with Gasteiger partial charge in [0.2, 0.25) is 0 Å². The Morgan fingerprint density at radius 1 is 0.850 bits per heavy atom. The van der Waals surface area contributed by atoms with E-state index >= 15 is 0 Å². The number of hydrogen-bond acceptors (Lipinski definition) is 3. The largest absolute Gasteiger partial charge is 0.467 e. The Labute approximate surface area is 125 Å². The second-order valence-electron chi connectivity index (χ2n) is 5.72. The van der Waals surface area contributed by atoms with E-state index in [4.69, 9.17) is 0 Å². The first-order valence-electron chi connectivity index (χ1n) is 8.48. The Morgan fingerprint density at radius 3 is 1.65 bits per heavy atom. The number of hydrogen-bond donors (Lipinski definition) is 1. The van der Waals surface area contributed by atoms with E-state index in [1.54, 1.807) is 0 Å². The molecule has 0 aromatic heterocycles. The third-order valence-corrected chi connectivity index (χ3v) is 3.80. The third kappa shape index (κ3) is 12.5. The van der Waals surface area contributed by atoms with Gasteiger partial charge in [0.1, 0.15) is 0 Å². The minimum Gasteiger partial charge on any atom is -0.467 e. The van der Waals surface area contributed by atoms with Crippen molar-refractivity contribution in [3.63, 3.8) is 0 Å². The molecule has 0 bridgehead atoms. The molecule has 0 aliphatic rings. The molecule has 0 spiro atoms. The summed E-state index contributed by atoms with van der Waals surface area (Å²) in [7, 11) is 1.31. The van der Waals surface area contributed by atoms with E-state index in [2.05, 4.69) is 11.7 Å². The first-order valence-corrected chi connectivity index (χ1v) is 8.48. The van der Waals surface area contributed by atoms with E-state index in [1.807, 2.05) is 0 Å². The van der Waals surface area contributed by atoms with E-state index in [1.165, 1.54) is 71.3 Å². The summed E-state index contributed by atoms with van der Waals surface area (Å²) in [5.41, 5.74) is 0. The molecule has 0 heterocycles. The molecule has 0 radical (unpaired) electrons. The van der Waals surface area contributed by atoms with Crippen molar-refractivity contribution in [2.45, 2.75) is 96.5 Å². The van der Waals surface area contributed by atoms with Crippen LogP contribution in [0.2, 0.25) is 0 Å². The molecule has 120 valence electrons. The van der Waals surface area contributed by atoms with Gasteiger partial charge < -0.3 is 9.84 Å². The number of esters is 1. The van der Waals surface area contributed by atoms with Crippen molar-refractivity contribution < 1.29 is 14.6 Å². The van der Waals surface area contributed by atoms with Crippen molar-refractivity contribution in [1.82, 2.24) is 0 Å². The van der Waals surface area contributed by atoms with Crippen molar-refractivity contribution in [2.75, 3.05) is 7.11 Å². The molecule has 0 fully saturated rings. The standard InChI is InChI=1S/C17H34O3/c1-3-4-5-6-7-8-9-10-11-12-13-14-15-16(18)17(19)20-2/h16,18H,3-15H2,1-2H3. The topological polar surface area (TPSA) is 46.5 Å². The maximum Gasteiger partial charge on any atom is 0.334 e. The molecule has 0 amide bonds. The molecule has 3 nitrogen and oxygen atoms in total. The van der Waals surface area contributed by atoms with Gasteiger partial charge in [-0.2, -0.15) is 0 Å². The molecule has 0 saturated carbocycles. The van der Waals surface area contributed by atoms with Crippen LogP contribution >= 0.6 is 0 Å². The van der Waals surface area contributed by atoms with Gasteiger partial charge in [-0.25, -0.2) is 4.79 Å². The number of carbonyl (C=O) groups is 1. The zero-order valence-electron chi connectivity index (χ0n) is 13.5. The van der Waals surface area contributed by atoms with Crippen LogP contribution in [0.1, 0.15) is 90.4 Å². The normalized spacial score (nSPS) is 12.3. The minimum absolute atomic E-state index is 0.506. The van der Waals surface area contributed by atoms with Gasteiger partial charge in [-0.15, -0.1) is 0 Å². The zero-order valence-corrected chi connectivity index (χ0v) is 13.5. The summed E-state index contributed by atoms with van der Waals surface area (Å²) in [6.45, 7) is 2.25. The highest BCUT2D eigenvalue weighted by Crippen LogP contribution is 2.13. The number of ether oxygens (including phenoxy) is 1. The van der Waals surface area contributed by atoms with Crippen molar-refractivity contribution in [2.24, 2.45) is 0 Å². The highest BCUT2D eigenvalue weighted by molar-refractivity contribution is 5.74. The van der Waals surface area contributed by atoms with Gasteiger partial charge in [-0.3, -0.25) is 0 Å². The third-order valence-electron chi connectivity index (χ3n) is 3.80. The van der Waals surface area contributed by atoms with Crippen LogP contribution < -0.4 is 0 Å². The number of unbranched alkanes of at least 4 members (excludes halogenated alkanes) is 11. The summed E-state index contributed by atoms with van der Waals surface area (Å²) in [6, 6.07) is 0. The maximum atomic E-state index is 11.0. The summed E-state index contributed by atoms with van der Waals surface area (Å²) >= 11 is 0. The van der Waals surface area contributed by atoms with Crippen LogP contribution in [0.5, 0.6) is 0 Å². The van der Waals surface area contributed by atoms with Crippen LogP contribution in [-0.2, 0) is 9.53 Å². The van der Waals surface area contributed by atoms with Crippen molar-refractivity contribution >= 4 is 5.97 Å². The molecule has 1 atom stereocenters. The Kier molecular flexibility index (Phi) is 14.4. The molecule has 0 aromatic rings. The lowest BCUT2D eigenvalue weighted by molar-refractivity contribution is -0.150. The van der Waals surface area contributed by atoms with Gasteiger partial charge >= 0.3 is 5.97 Å². The fourth-order valence-electron chi connectivity index (χ4n) is 2.43. The number of aliphatic hydroxyl groups is 1. The highest BCUT2D eigenvalue weighted by Gasteiger charge is 2.13. The van der Waals surface area contributed by atoms with Crippen molar-refractivity contribution in [3.05, 3.63) is 0 Å². The van der Waals surface area contributed by atoms with Crippen LogP contribution in [-0.4, -0.2) is 24.3 Å². The van der Waals surface area contributed by atoms with Crippen LogP contribution in [0.4, 0.5) is 0 Å². The molecule has 1 N–H and O–H groups in total. The summed E-state index contributed by atoms with van der Waals surface area (Å²) < 4.78 is 4.48. The quantitative estimate of drug-likeness (QED) is 0.374. The van der Waals surface area contributed by atoms with Crippen LogP contribution in [0.25, 0.3) is 0 Å². The zero-order chi connectivity index (χ0) is 15.1. The molecule has 0 aromatic carbocycles. The Hall–Kier alpha value is -0.570. The molecular formula is C17H34O3. The van der Waals surface area contributed by atoms with Crippen LogP contribution in [0.3, 0.4) is 0 Å². The van der Waals surface area contributed by atoms with Gasteiger partial charge in [0, 0.05) is 0 Å². The lowest BCUT2D eigenvalue weighted by atomic mass is 10.0. The number of aliphatic hydroxyl groups excluding tert-OH is 1. The monoisotopic (exact) mass is 286 g/mol. The molecule has 0 saturated heterocycles. The highest BCUT2D eigenvalue weighted by atomic mass is 16.5. The van der Waals surface area contributed by atoms with E-state index < -0.39 is 12.1 Å². The van der Waals surface area contributed by atoms with E-state index in [-0.39, 0.29) is 0 Å². The molecule has 3 heteroatoms. The van der Waals surface area contributed by atoms with Gasteiger partial charge in [-0.05, 0) is 6.42 Å². The van der Waals surface area contributed by atoms with Gasteiger partial charge in [0.15, 0.2) is 6.10 Å². The lowest BCUT2D eigenvalue weighted by Gasteiger charge is -2.07. The predicted molar refractivity (Wildman–Crippen MR) is 83.7 cm³/mol. The Balaban J connectivity index is 3.11. The van der Waals surface area contributed by atoms with E-state index in [9.17, 15) is 9.90 Å². The van der Waals surface area contributed by atoms with Crippen LogP contribution in [0.15, 0.2) is 0 Å². The van der Waals surface area contributed by atoms with Gasteiger partial charge in [0.25, 0.3) is 0 Å². The fourth-order valence-corrected chi connectivity index (χ4v) is 2.43. The van der Waals surface area contributed by atoms with Crippen molar-refractivity contribution in [3.8, 4) is 0 Å². The van der Waals surface area contributed by atoms with Gasteiger partial charge in [-0.1, -0.05) is 84.0 Å². The molecule has 0 rings (SSSR count). The lowest BCUT2D eigenvalue weighted by Crippen LogP contribution is -2.21. The van der Waals surface area contributed by atoms with Gasteiger partial charge in [0.05, 0.1) is 7.11 Å². The summed E-state index contributed by atoms with van der Waals surface area (Å²) in [6.07, 6.45) is 15.1. The summed E-state index contributed by atoms with van der Waals surface area (Å²) in [5.74, 6) is -0.506. The first-order chi connectivity index (χ1) is 9.72. The van der Waals surface area contributed by atoms with Crippen LogP contribution in [0, 0.1) is 0 Å². The minimum atomic E-state index is -0.928. The Bertz CT molecular complexity index is 216. The fraction of sp³-hybridized carbons (Fsp3) is 0.941. The van der Waals surface area contributed by atoms with E-state index in [0.717, 1.165) is 12.8 Å². The predicted octanol–water partition coefficient (Wildman–Crippen LogP) is 4.61. The SMILES string of the molecule is CCCCCCCCCCCCCCC(O)C(=O)OC. The van der Waals surface area contributed by atoms with E-state index in [0.29, 0.717) is 6.42 Å². The summed E-state index contributed by atoms with van der Waals surface area (Å²) in [5, 5.41) is 9.40. The molecule has 0 aliphatic heterocycles. The molecular weight excluding hydrogens is 252 g/mol. The first kappa shape index (κ1) is 19.4. The second-order valence-corrected chi connectivity index (χ2v) is 5.72. The smallest absolute Gasteiger partial charge is 0.334 e. The number of rotatable bonds is 14. The molecule has 0 aliphatic carbocycles. The number of methoxy groups -OCH3 is 1. The average molecular weight is 286 g/mol. The average Bonchev–Trinajstić information content (AvgIpc) is 2.47. The molecule has 1 unspecified atom stereocenters. The van der Waals surface area contributed by atoms with Crippen molar-refractivity contribution in [1.29, 1.82) is 0 Å². The molecule has 20 heavy (non-hydrogen) atoms. The summed E-state index contributed by atoms with van der Waals surface area (Å²) in [4.78, 5) is 11.0. The Morgan fingerprint density at radius 2 is 1.25 bits per heavy atom. The maximum absolute atomic E-state index is 11.0. The number of carbonyl (C=O) groups excluding carboxylic acids is 1. The second kappa shape index (κ2) is 14.8.